The first-order chi connectivity index (χ1) is 5.92. The summed E-state index contributed by atoms with van der Waals surface area (Å²) in [7, 11) is 0. The molecule has 1 aliphatic rings. The number of hydrogen-bond donors (Lipinski definition) is 0. The molecule has 0 nitrogen and oxygen atoms in total. The second-order valence-electron chi connectivity index (χ2n) is 5.75. The van der Waals surface area contributed by atoms with Gasteiger partial charge in [-0.3, -0.25) is 0 Å². The lowest BCUT2D eigenvalue weighted by Gasteiger charge is -2.28. The van der Waals surface area contributed by atoms with Crippen molar-refractivity contribution in [1.82, 2.24) is 0 Å². The Labute approximate surface area is 87.9 Å². The molecular formula is C12H24S. The molecule has 13 heavy (non-hydrogen) atoms. The van der Waals surface area contributed by atoms with Crippen LogP contribution >= 0.6 is 11.8 Å². The van der Waals surface area contributed by atoms with Crippen LogP contribution in [0.25, 0.3) is 0 Å². The third-order valence-electron chi connectivity index (χ3n) is 2.95. The lowest BCUT2D eigenvalue weighted by Crippen LogP contribution is -2.22. The van der Waals surface area contributed by atoms with Gasteiger partial charge in [0.2, 0.25) is 0 Å². The second kappa shape index (κ2) is 4.25. The summed E-state index contributed by atoms with van der Waals surface area (Å²) in [6, 6.07) is 0. The topological polar surface area (TPSA) is 0 Å². The van der Waals surface area contributed by atoms with Gasteiger partial charge >= 0.3 is 0 Å². The van der Waals surface area contributed by atoms with E-state index in [-0.39, 0.29) is 0 Å². The van der Waals surface area contributed by atoms with Crippen LogP contribution in [0, 0.1) is 17.3 Å². The maximum atomic E-state index is 2.44. The minimum absolute atomic E-state index is 0.582. The zero-order valence-electron chi connectivity index (χ0n) is 9.76. The molecule has 0 aliphatic carbocycles. The van der Waals surface area contributed by atoms with Crippen molar-refractivity contribution in [2.75, 3.05) is 5.75 Å². The summed E-state index contributed by atoms with van der Waals surface area (Å²) in [4.78, 5) is 0. The average Bonchev–Trinajstić information content (AvgIpc) is 2.60. The number of rotatable bonds is 5. The van der Waals surface area contributed by atoms with Crippen LogP contribution in [0.5, 0.6) is 0 Å². The molecule has 1 heteroatoms. The third kappa shape index (κ3) is 3.93. The third-order valence-corrected chi connectivity index (χ3v) is 4.26. The Morgan fingerprint density at radius 3 is 2.23 bits per heavy atom. The Bertz CT molecular complexity index is 157. The molecule has 1 aliphatic heterocycles. The van der Waals surface area contributed by atoms with Gasteiger partial charge in [-0.15, -0.1) is 0 Å². The second-order valence-corrected chi connectivity index (χ2v) is 6.99. The van der Waals surface area contributed by atoms with Crippen molar-refractivity contribution in [3.8, 4) is 0 Å². The van der Waals surface area contributed by atoms with Crippen LogP contribution in [0.2, 0.25) is 0 Å². The lowest BCUT2D eigenvalue weighted by molar-refractivity contribution is 0.264. The van der Waals surface area contributed by atoms with Crippen molar-refractivity contribution in [3.63, 3.8) is 0 Å². The van der Waals surface area contributed by atoms with Crippen molar-refractivity contribution in [2.45, 2.75) is 52.7 Å². The van der Waals surface area contributed by atoms with Gasteiger partial charge in [0.05, 0.1) is 0 Å². The van der Waals surface area contributed by atoms with Crippen molar-refractivity contribution in [3.05, 3.63) is 0 Å². The monoisotopic (exact) mass is 200 g/mol. The van der Waals surface area contributed by atoms with Crippen LogP contribution in [0.3, 0.4) is 0 Å². The van der Waals surface area contributed by atoms with Gasteiger partial charge in [0.25, 0.3) is 0 Å². The van der Waals surface area contributed by atoms with E-state index < -0.39 is 0 Å². The first kappa shape index (κ1) is 11.4. The molecule has 0 saturated carbocycles. The van der Waals surface area contributed by atoms with Crippen molar-refractivity contribution in [1.29, 1.82) is 0 Å². The van der Waals surface area contributed by atoms with Crippen LogP contribution < -0.4 is 0 Å². The van der Waals surface area contributed by atoms with Gasteiger partial charge in [0.15, 0.2) is 0 Å². The summed E-state index contributed by atoms with van der Waals surface area (Å²) in [6.07, 6.45) is 2.80. The molecule has 0 aromatic carbocycles. The Morgan fingerprint density at radius 2 is 1.85 bits per heavy atom. The molecular weight excluding hydrogens is 176 g/mol. The molecule has 0 amide bonds. The Morgan fingerprint density at radius 1 is 1.31 bits per heavy atom. The van der Waals surface area contributed by atoms with Crippen LogP contribution in [-0.2, 0) is 0 Å². The Hall–Kier alpha value is 0.350. The van der Waals surface area contributed by atoms with Gasteiger partial charge in [0.1, 0.15) is 0 Å². The van der Waals surface area contributed by atoms with E-state index in [1.165, 1.54) is 18.6 Å². The first-order valence-electron chi connectivity index (χ1n) is 5.53. The summed E-state index contributed by atoms with van der Waals surface area (Å²) in [5.41, 5.74) is 0.582. The summed E-state index contributed by atoms with van der Waals surface area (Å²) < 4.78 is 0. The Balaban J connectivity index is 2.29. The number of thioether (sulfide) groups is 1. The minimum atomic E-state index is 0.582. The van der Waals surface area contributed by atoms with Crippen LogP contribution in [0.4, 0.5) is 0 Å². The van der Waals surface area contributed by atoms with E-state index in [0.29, 0.717) is 5.41 Å². The van der Waals surface area contributed by atoms with Gasteiger partial charge in [-0.2, -0.15) is 11.8 Å². The Kier molecular flexibility index (Phi) is 3.73. The average molecular weight is 200 g/mol. The van der Waals surface area contributed by atoms with Gasteiger partial charge in [0, 0.05) is 11.0 Å². The van der Waals surface area contributed by atoms with Crippen molar-refractivity contribution < 1.29 is 0 Å². The molecule has 0 aromatic rings. The molecule has 1 fully saturated rings. The molecule has 0 N–H and O–H groups in total. The van der Waals surface area contributed by atoms with E-state index in [4.69, 9.17) is 0 Å². The smallest absolute Gasteiger partial charge is 0.0189 e. The molecule has 0 radical (unpaired) electrons. The van der Waals surface area contributed by atoms with E-state index in [0.717, 1.165) is 17.1 Å². The number of hydrogen-bond acceptors (Lipinski definition) is 1. The van der Waals surface area contributed by atoms with Crippen molar-refractivity contribution >= 4 is 11.8 Å². The standard InChI is InChI=1S/C12H24S/c1-9(2)6-10(3)7-12(4,5)11-8-13-11/h9-11H,6-8H2,1-5H3. The molecule has 0 bridgehead atoms. The molecule has 1 saturated heterocycles. The van der Waals surface area contributed by atoms with E-state index in [9.17, 15) is 0 Å². The minimum Gasteiger partial charge on any atom is -0.156 e. The van der Waals surface area contributed by atoms with E-state index in [1.54, 1.807) is 0 Å². The maximum Gasteiger partial charge on any atom is 0.0189 e. The van der Waals surface area contributed by atoms with Gasteiger partial charge in [-0.05, 0) is 30.1 Å². The van der Waals surface area contributed by atoms with Crippen molar-refractivity contribution in [2.24, 2.45) is 17.3 Å². The normalized spacial score (nSPS) is 24.9. The van der Waals surface area contributed by atoms with E-state index >= 15 is 0 Å². The SMILES string of the molecule is CC(C)CC(C)CC(C)(C)C1CS1. The highest BCUT2D eigenvalue weighted by Gasteiger charge is 2.39. The fourth-order valence-electron chi connectivity index (χ4n) is 2.42. The molecule has 0 aromatic heterocycles. The molecule has 0 spiro atoms. The summed E-state index contributed by atoms with van der Waals surface area (Å²) in [5, 5.41) is 0.960. The predicted molar refractivity (Wildman–Crippen MR) is 63.3 cm³/mol. The molecule has 2 atom stereocenters. The highest BCUT2D eigenvalue weighted by Crippen LogP contribution is 2.48. The first-order valence-corrected chi connectivity index (χ1v) is 6.58. The zero-order chi connectivity index (χ0) is 10.1. The summed E-state index contributed by atoms with van der Waals surface area (Å²) >= 11 is 2.14. The fourth-order valence-corrected chi connectivity index (χ4v) is 3.51. The lowest BCUT2D eigenvalue weighted by atomic mass is 9.79. The van der Waals surface area contributed by atoms with Gasteiger partial charge in [-0.25, -0.2) is 0 Å². The largest absolute Gasteiger partial charge is 0.156 e. The predicted octanol–water partition coefficient (Wildman–Crippen LogP) is 4.20. The van der Waals surface area contributed by atoms with Crippen LogP contribution in [0.1, 0.15) is 47.5 Å². The highest BCUT2D eigenvalue weighted by molar-refractivity contribution is 8.06. The maximum absolute atomic E-state index is 2.44. The summed E-state index contributed by atoms with van der Waals surface area (Å²) in [6.45, 7) is 11.9. The molecule has 1 rings (SSSR count). The summed E-state index contributed by atoms with van der Waals surface area (Å²) in [5.74, 6) is 3.16. The quantitative estimate of drug-likeness (QED) is 0.599. The van der Waals surface area contributed by atoms with E-state index in [2.05, 4.69) is 46.4 Å². The van der Waals surface area contributed by atoms with E-state index in [1.807, 2.05) is 0 Å². The van der Waals surface area contributed by atoms with Crippen LogP contribution in [-0.4, -0.2) is 11.0 Å². The zero-order valence-corrected chi connectivity index (χ0v) is 10.6. The molecule has 1 heterocycles. The molecule has 2 unspecified atom stereocenters. The highest BCUT2D eigenvalue weighted by atomic mass is 32.2. The van der Waals surface area contributed by atoms with Gasteiger partial charge < -0.3 is 0 Å². The van der Waals surface area contributed by atoms with Gasteiger partial charge in [-0.1, -0.05) is 34.6 Å². The molecule has 78 valence electrons. The van der Waals surface area contributed by atoms with Crippen LogP contribution in [0.15, 0.2) is 0 Å². The fraction of sp³-hybridized carbons (Fsp3) is 1.00.